The zero-order valence-electron chi connectivity index (χ0n) is 30.1. The Morgan fingerprint density at radius 3 is 1.78 bits per heavy atom. The van der Waals surface area contributed by atoms with Crippen molar-refractivity contribution in [1.82, 2.24) is 29.4 Å². The van der Waals surface area contributed by atoms with Crippen LogP contribution in [-0.2, 0) is 23.6 Å². The third kappa shape index (κ3) is 10.5. The standard InChI is InChI=1S/C21H22Cl2N4O3S.C16H21ClN4O2/c1-26-20(16(22)13-24-26)15-12-14(25-21(28)18-4-5-19(23)31-18)2-3-17(15)30-11-8-27-6-9-29-10-7-27;1-20-16(14(17)11-19-20)13-10-12(18)2-3-15(13)23-9-6-21-4-7-22-8-5-21/h2-5,12-13H,6-11H2,1H3,(H,25,28);2-3,10-11H,4-9,18H2,1H3. The molecule has 5 aromatic rings. The van der Waals surface area contributed by atoms with Gasteiger partial charge in [0.2, 0.25) is 0 Å². The van der Waals surface area contributed by atoms with Crippen LogP contribution in [0.15, 0.2) is 60.9 Å². The minimum atomic E-state index is -0.222. The number of nitrogens with one attached hydrogen (secondary N) is 1. The van der Waals surface area contributed by atoms with Gasteiger partial charge in [0, 0.05) is 75.9 Å². The number of morpholine rings is 2. The number of aryl methyl sites for hydroxylation is 2. The van der Waals surface area contributed by atoms with Crippen LogP contribution in [0.5, 0.6) is 11.5 Å². The van der Waals surface area contributed by atoms with Crippen molar-refractivity contribution in [2.45, 2.75) is 0 Å². The van der Waals surface area contributed by atoms with Gasteiger partial charge in [-0.15, -0.1) is 11.3 Å². The quantitative estimate of drug-likeness (QED) is 0.135. The number of thiophene rings is 1. The molecule has 17 heteroatoms. The zero-order valence-corrected chi connectivity index (χ0v) is 33.2. The lowest BCUT2D eigenvalue weighted by Gasteiger charge is -2.26. The molecule has 2 aromatic carbocycles. The molecule has 2 fully saturated rings. The van der Waals surface area contributed by atoms with Gasteiger partial charge in [-0.2, -0.15) is 10.2 Å². The van der Waals surface area contributed by atoms with Crippen molar-refractivity contribution in [3.05, 3.63) is 80.2 Å². The van der Waals surface area contributed by atoms with Crippen molar-refractivity contribution in [2.24, 2.45) is 14.1 Å². The summed E-state index contributed by atoms with van der Waals surface area (Å²) in [6.07, 6.45) is 3.21. The molecule has 3 N–H and O–H groups in total. The molecule has 5 heterocycles. The summed E-state index contributed by atoms with van der Waals surface area (Å²) in [4.78, 5) is 17.7. The minimum absolute atomic E-state index is 0.222. The van der Waals surface area contributed by atoms with Crippen LogP contribution in [0.25, 0.3) is 22.5 Å². The highest BCUT2D eigenvalue weighted by Gasteiger charge is 2.19. The summed E-state index contributed by atoms with van der Waals surface area (Å²) in [7, 11) is 3.67. The summed E-state index contributed by atoms with van der Waals surface area (Å²) in [5.74, 6) is 1.22. The van der Waals surface area contributed by atoms with Crippen molar-refractivity contribution in [1.29, 1.82) is 0 Å². The minimum Gasteiger partial charge on any atom is -0.492 e. The molecule has 54 heavy (non-hydrogen) atoms. The largest absolute Gasteiger partial charge is 0.492 e. The molecule has 0 radical (unpaired) electrons. The number of ether oxygens (including phenoxy) is 4. The number of aromatic nitrogens is 4. The van der Waals surface area contributed by atoms with Gasteiger partial charge in [-0.25, -0.2) is 0 Å². The van der Waals surface area contributed by atoms with Gasteiger partial charge in [-0.3, -0.25) is 24.0 Å². The normalized spacial score (nSPS) is 15.1. The number of nitrogens with zero attached hydrogens (tertiary/aromatic N) is 6. The summed E-state index contributed by atoms with van der Waals surface area (Å²) >= 11 is 19.8. The van der Waals surface area contributed by atoms with Gasteiger partial charge in [-0.1, -0.05) is 34.8 Å². The molecule has 2 saturated heterocycles. The van der Waals surface area contributed by atoms with Crippen LogP contribution in [0.4, 0.5) is 11.4 Å². The second-order valence-electron chi connectivity index (χ2n) is 12.6. The fourth-order valence-electron chi connectivity index (χ4n) is 6.05. The maximum Gasteiger partial charge on any atom is 0.265 e. The molecule has 13 nitrogen and oxygen atoms in total. The van der Waals surface area contributed by atoms with E-state index in [0.29, 0.717) is 49.6 Å². The van der Waals surface area contributed by atoms with Crippen molar-refractivity contribution < 1.29 is 23.7 Å². The van der Waals surface area contributed by atoms with E-state index in [9.17, 15) is 4.79 Å². The Labute approximate surface area is 333 Å². The number of halogens is 3. The first-order valence-corrected chi connectivity index (χ1v) is 19.4. The molecule has 2 aliphatic heterocycles. The van der Waals surface area contributed by atoms with Gasteiger partial charge in [-0.05, 0) is 48.5 Å². The van der Waals surface area contributed by atoms with Crippen LogP contribution in [0, 0.1) is 0 Å². The first kappa shape index (κ1) is 39.8. The molecule has 0 saturated carbocycles. The molecule has 7 rings (SSSR count). The average molecular weight is 818 g/mol. The predicted octanol–water partition coefficient (Wildman–Crippen LogP) is 6.45. The molecule has 3 aromatic heterocycles. The number of rotatable bonds is 12. The van der Waals surface area contributed by atoms with Crippen LogP contribution in [0.3, 0.4) is 0 Å². The summed E-state index contributed by atoms with van der Waals surface area (Å²) in [5, 5.41) is 12.4. The van der Waals surface area contributed by atoms with Crippen molar-refractivity contribution >= 4 is 63.4 Å². The van der Waals surface area contributed by atoms with Crippen LogP contribution in [0.1, 0.15) is 9.67 Å². The summed E-state index contributed by atoms with van der Waals surface area (Å²) < 4.78 is 26.8. The molecule has 288 valence electrons. The first-order valence-electron chi connectivity index (χ1n) is 17.5. The van der Waals surface area contributed by atoms with Crippen LogP contribution >= 0.6 is 46.1 Å². The number of amides is 1. The fourth-order valence-corrected chi connectivity index (χ4v) is 7.53. The van der Waals surface area contributed by atoms with Crippen LogP contribution in [0.2, 0.25) is 14.4 Å². The van der Waals surface area contributed by atoms with E-state index in [4.69, 9.17) is 59.5 Å². The van der Waals surface area contributed by atoms with Gasteiger partial charge in [0.05, 0.1) is 69.5 Å². The van der Waals surface area contributed by atoms with Crippen LogP contribution < -0.4 is 20.5 Å². The second kappa shape index (κ2) is 19.1. The number of nitrogens with two attached hydrogens (primary N) is 1. The van der Waals surface area contributed by atoms with E-state index in [2.05, 4.69) is 25.3 Å². The van der Waals surface area contributed by atoms with E-state index >= 15 is 0 Å². The molecule has 0 bridgehead atoms. The lowest BCUT2D eigenvalue weighted by Crippen LogP contribution is -2.38. The molecule has 0 unspecified atom stereocenters. The highest BCUT2D eigenvalue weighted by Crippen LogP contribution is 2.38. The third-order valence-corrected chi connectivity index (χ3v) is 10.7. The summed E-state index contributed by atoms with van der Waals surface area (Å²) in [6, 6.07) is 14.5. The monoisotopic (exact) mass is 816 g/mol. The van der Waals surface area contributed by atoms with E-state index in [0.717, 1.165) is 94.0 Å². The molecular formula is C37H43Cl3N8O5S. The van der Waals surface area contributed by atoms with Gasteiger partial charge >= 0.3 is 0 Å². The number of nitrogen functional groups attached to an aromatic ring is 1. The fraction of sp³-hybridized carbons (Fsp3) is 0.378. The van der Waals surface area contributed by atoms with Crippen molar-refractivity contribution in [3.8, 4) is 34.0 Å². The zero-order chi connectivity index (χ0) is 38.0. The third-order valence-electron chi connectivity index (χ3n) is 8.87. The maximum absolute atomic E-state index is 12.5. The van der Waals surface area contributed by atoms with Gasteiger partial charge in [0.25, 0.3) is 5.91 Å². The number of anilines is 2. The maximum atomic E-state index is 12.5. The smallest absolute Gasteiger partial charge is 0.265 e. The van der Waals surface area contributed by atoms with E-state index in [1.807, 2.05) is 50.5 Å². The SMILES string of the molecule is Cn1ncc(Cl)c1-c1cc(N)ccc1OCCN1CCOCC1.Cn1ncc(Cl)c1-c1cc(NC(=O)c2ccc(Cl)s2)ccc1OCCN1CCOCC1. The number of hydrogen-bond acceptors (Lipinski definition) is 11. The first-order chi connectivity index (χ1) is 26.2. The summed E-state index contributed by atoms with van der Waals surface area (Å²) in [6.45, 7) is 9.59. The molecule has 1 amide bonds. The predicted molar refractivity (Wildman–Crippen MR) is 215 cm³/mol. The number of carbonyl (C=O) groups is 1. The Morgan fingerprint density at radius 2 is 1.30 bits per heavy atom. The molecule has 0 aliphatic carbocycles. The molecular weight excluding hydrogens is 775 g/mol. The van der Waals surface area contributed by atoms with Crippen molar-refractivity contribution in [2.75, 3.05) is 90.0 Å². The van der Waals surface area contributed by atoms with Gasteiger partial charge in [0.1, 0.15) is 24.7 Å². The Bertz CT molecular complexity index is 1970. The van der Waals surface area contributed by atoms with Crippen LogP contribution in [-0.4, -0.2) is 114 Å². The number of benzene rings is 2. The Hall–Kier alpha value is -3.86. The Kier molecular flexibility index (Phi) is 14.1. The number of carbonyl (C=O) groups excluding carboxylic acids is 1. The average Bonchev–Trinajstić information content (AvgIpc) is 3.87. The highest BCUT2D eigenvalue weighted by atomic mass is 35.5. The van der Waals surface area contributed by atoms with E-state index in [1.54, 1.807) is 33.9 Å². The molecule has 2 aliphatic rings. The van der Waals surface area contributed by atoms with Gasteiger partial charge in [0.15, 0.2) is 0 Å². The second-order valence-corrected chi connectivity index (χ2v) is 15.1. The lowest BCUT2D eigenvalue weighted by atomic mass is 10.1. The Balaban J connectivity index is 0.000000193. The lowest BCUT2D eigenvalue weighted by molar-refractivity contribution is 0.0322. The topological polar surface area (TPSA) is 134 Å². The van der Waals surface area contributed by atoms with E-state index in [1.165, 1.54) is 11.3 Å². The molecule has 0 spiro atoms. The van der Waals surface area contributed by atoms with E-state index in [-0.39, 0.29) is 5.91 Å². The Morgan fingerprint density at radius 1 is 0.778 bits per heavy atom. The summed E-state index contributed by atoms with van der Waals surface area (Å²) in [5.41, 5.74) is 10.4. The molecule has 0 atom stereocenters. The van der Waals surface area contributed by atoms with Gasteiger partial charge < -0.3 is 30.0 Å². The highest BCUT2D eigenvalue weighted by molar-refractivity contribution is 7.18. The van der Waals surface area contributed by atoms with E-state index < -0.39 is 0 Å². The number of hydrogen-bond donors (Lipinski definition) is 2. The van der Waals surface area contributed by atoms with Crippen molar-refractivity contribution in [3.63, 3.8) is 0 Å².